The van der Waals surface area contributed by atoms with E-state index in [0.717, 1.165) is 5.75 Å². The van der Waals surface area contributed by atoms with Crippen molar-refractivity contribution in [3.63, 3.8) is 0 Å². The molecule has 0 fully saturated rings. The van der Waals surface area contributed by atoms with E-state index in [-0.39, 0.29) is 0 Å². The van der Waals surface area contributed by atoms with Gasteiger partial charge in [-0.1, -0.05) is 66.7 Å². The maximum absolute atomic E-state index is 4.24. The molecule has 0 unspecified atom stereocenters. The van der Waals surface area contributed by atoms with E-state index in [1.54, 1.807) is 0 Å². The Hall–Kier alpha value is -1.47. The summed E-state index contributed by atoms with van der Waals surface area (Å²) in [5.74, 6) is 0.794. The number of hydrogen-bond acceptors (Lipinski definition) is 1. The molecular weight excluding hydrogens is 212 g/mol. The quantitative estimate of drug-likeness (QED) is 0.586. The van der Waals surface area contributed by atoms with Gasteiger partial charge in [-0.2, -0.15) is 12.6 Å². The second kappa shape index (κ2) is 5.57. The first-order valence-corrected chi connectivity index (χ1v) is 5.94. The third-order valence-electron chi connectivity index (χ3n) is 2.43. The molecule has 0 aliphatic carbocycles. The van der Waals surface area contributed by atoms with Crippen LogP contribution in [0.3, 0.4) is 0 Å². The highest BCUT2D eigenvalue weighted by molar-refractivity contribution is 7.79. The fraction of sp³-hybridized carbons (Fsp3) is 0.0667. The molecule has 0 aromatic heterocycles. The van der Waals surface area contributed by atoms with Crippen molar-refractivity contribution in [2.75, 3.05) is 0 Å². The van der Waals surface area contributed by atoms with E-state index in [1.165, 1.54) is 16.7 Å². The number of hydrogen-bond donors (Lipinski definition) is 1. The van der Waals surface area contributed by atoms with Crippen LogP contribution in [0.4, 0.5) is 0 Å². The van der Waals surface area contributed by atoms with Crippen molar-refractivity contribution >= 4 is 24.8 Å². The molecule has 0 saturated heterocycles. The lowest BCUT2D eigenvalue weighted by Crippen LogP contribution is -1.77. The Morgan fingerprint density at radius 1 is 0.750 bits per heavy atom. The molecule has 16 heavy (non-hydrogen) atoms. The maximum atomic E-state index is 4.24. The van der Waals surface area contributed by atoms with Crippen molar-refractivity contribution in [1.82, 2.24) is 0 Å². The van der Waals surface area contributed by atoms with E-state index in [0.29, 0.717) is 0 Å². The minimum Gasteiger partial charge on any atom is -0.175 e. The van der Waals surface area contributed by atoms with Gasteiger partial charge >= 0.3 is 0 Å². The predicted octanol–water partition coefficient (Wildman–Crippen LogP) is 4.29. The zero-order valence-electron chi connectivity index (χ0n) is 9.01. The lowest BCUT2D eigenvalue weighted by Gasteiger charge is -1.97. The van der Waals surface area contributed by atoms with E-state index in [2.05, 4.69) is 61.2 Å². The fourth-order valence-corrected chi connectivity index (χ4v) is 1.70. The monoisotopic (exact) mass is 226 g/mol. The molecule has 80 valence electrons. The average Bonchev–Trinajstić information content (AvgIpc) is 2.38. The zero-order valence-corrected chi connectivity index (χ0v) is 9.90. The highest BCUT2D eigenvalue weighted by atomic mass is 32.1. The molecule has 2 aromatic carbocycles. The van der Waals surface area contributed by atoms with Crippen molar-refractivity contribution in [3.05, 3.63) is 71.3 Å². The van der Waals surface area contributed by atoms with Crippen LogP contribution in [-0.2, 0) is 5.75 Å². The molecule has 0 nitrogen and oxygen atoms in total. The average molecular weight is 226 g/mol. The largest absolute Gasteiger partial charge is 0.175 e. The fourth-order valence-electron chi connectivity index (χ4n) is 1.49. The summed E-state index contributed by atoms with van der Waals surface area (Å²) in [6, 6.07) is 18.8. The van der Waals surface area contributed by atoms with Gasteiger partial charge in [0.2, 0.25) is 0 Å². The third kappa shape index (κ3) is 3.01. The molecule has 0 saturated carbocycles. The van der Waals surface area contributed by atoms with Gasteiger partial charge in [-0.3, -0.25) is 0 Å². The molecule has 2 rings (SSSR count). The molecule has 0 spiro atoms. The molecule has 2 aromatic rings. The van der Waals surface area contributed by atoms with Gasteiger partial charge in [0.1, 0.15) is 0 Å². The summed E-state index contributed by atoms with van der Waals surface area (Å²) in [6.07, 6.45) is 4.24. The molecule has 0 N–H and O–H groups in total. The Bertz CT molecular complexity index is 455. The summed E-state index contributed by atoms with van der Waals surface area (Å²) < 4.78 is 0. The standard InChI is InChI=1S/C15H14S/c16-12-15-10-8-14(9-11-15)7-6-13-4-2-1-3-5-13/h1-11,16H,12H2/b7-6+. The Kier molecular flexibility index (Phi) is 3.84. The van der Waals surface area contributed by atoms with Crippen molar-refractivity contribution in [2.24, 2.45) is 0 Å². The summed E-state index contributed by atoms with van der Waals surface area (Å²) in [7, 11) is 0. The first kappa shape index (κ1) is 11.0. The molecule has 0 bridgehead atoms. The Morgan fingerprint density at radius 3 is 1.88 bits per heavy atom. The molecule has 0 radical (unpaired) electrons. The van der Waals surface area contributed by atoms with Gasteiger partial charge in [0.05, 0.1) is 0 Å². The second-order valence-electron chi connectivity index (χ2n) is 3.64. The van der Waals surface area contributed by atoms with E-state index >= 15 is 0 Å². The lowest BCUT2D eigenvalue weighted by atomic mass is 10.1. The number of thiol groups is 1. The summed E-state index contributed by atoms with van der Waals surface area (Å²) in [4.78, 5) is 0. The minimum absolute atomic E-state index is 0.794. The van der Waals surface area contributed by atoms with Crippen molar-refractivity contribution < 1.29 is 0 Å². The first-order chi connectivity index (χ1) is 7.88. The van der Waals surface area contributed by atoms with Crippen LogP contribution in [0, 0.1) is 0 Å². The number of benzene rings is 2. The van der Waals surface area contributed by atoms with E-state index in [4.69, 9.17) is 0 Å². The van der Waals surface area contributed by atoms with Crippen molar-refractivity contribution in [1.29, 1.82) is 0 Å². The van der Waals surface area contributed by atoms with Crippen LogP contribution in [0.15, 0.2) is 54.6 Å². The molecule has 0 amide bonds. The SMILES string of the molecule is SCc1ccc(/C=C/c2ccccc2)cc1. The van der Waals surface area contributed by atoms with Crippen molar-refractivity contribution in [2.45, 2.75) is 5.75 Å². The first-order valence-electron chi connectivity index (χ1n) is 5.31. The third-order valence-corrected chi connectivity index (χ3v) is 2.80. The van der Waals surface area contributed by atoms with Crippen LogP contribution in [0.2, 0.25) is 0 Å². The highest BCUT2D eigenvalue weighted by Crippen LogP contribution is 2.10. The summed E-state index contributed by atoms with van der Waals surface area (Å²) in [5.41, 5.74) is 3.69. The van der Waals surface area contributed by atoms with Gasteiger partial charge < -0.3 is 0 Å². The van der Waals surface area contributed by atoms with Crippen LogP contribution in [0.5, 0.6) is 0 Å². The summed E-state index contributed by atoms with van der Waals surface area (Å²) in [6.45, 7) is 0. The zero-order chi connectivity index (χ0) is 11.2. The number of rotatable bonds is 3. The topological polar surface area (TPSA) is 0 Å². The highest BCUT2D eigenvalue weighted by Gasteiger charge is 1.89. The van der Waals surface area contributed by atoms with Gasteiger partial charge in [-0.15, -0.1) is 0 Å². The van der Waals surface area contributed by atoms with Gasteiger partial charge in [0, 0.05) is 5.75 Å². The smallest absolute Gasteiger partial charge is 0.0154 e. The van der Waals surface area contributed by atoms with Crippen LogP contribution < -0.4 is 0 Å². The molecule has 0 aliphatic heterocycles. The van der Waals surface area contributed by atoms with Crippen LogP contribution >= 0.6 is 12.6 Å². The van der Waals surface area contributed by atoms with Gasteiger partial charge in [-0.05, 0) is 16.7 Å². The predicted molar refractivity (Wildman–Crippen MR) is 74.5 cm³/mol. The molecule has 0 heterocycles. The van der Waals surface area contributed by atoms with Gasteiger partial charge in [0.25, 0.3) is 0 Å². The second-order valence-corrected chi connectivity index (χ2v) is 3.96. The summed E-state index contributed by atoms with van der Waals surface area (Å²) in [5, 5.41) is 0. The lowest BCUT2D eigenvalue weighted by molar-refractivity contribution is 1.42. The van der Waals surface area contributed by atoms with E-state index in [1.807, 2.05) is 18.2 Å². The van der Waals surface area contributed by atoms with Crippen LogP contribution in [0.1, 0.15) is 16.7 Å². The molecule has 1 heteroatoms. The van der Waals surface area contributed by atoms with Gasteiger partial charge in [-0.25, -0.2) is 0 Å². The summed E-state index contributed by atoms with van der Waals surface area (Å²) >= 11 is 4.24. The van der Waals surface area contributed by atoms with Crippen molar-refractivity contribution in [3.8, 4) is 0 Å². The Morgan fingerprint density at radius 2 is 1.31 bits per heavy atom. The Balaban J connectivity index is 2.12. The molecule has 0 atom stereocenters. The van der Waals surface area contributed by atoms with Crippen LogP contribution in [-0.4, -0.2) is 0 Å². The molecule has 0 aliphatic rings. The van der Waals surface area contributed by atoms with Gasteiger partial charge in [0.15, 0.2) is 0 Å². The molecular formula is C15H14S. The van der Waals surface area contributed by atoms with E-state index in [9.17, 15) is 0 Å². The van der Waals surface area contributed by atoms with Crippen LogP contribution in [0.25, 0.3) is 12.2 Å². The Labute approximate surface area is 102 Å². The van der Waals surface area contributed by atoms with E-state index < -0.39 is 0 Å². The normalized spacial score (nSPS) is 10.8. The minimum atomic E-state index is 0.794. The maximum Gasteiger partial charge on any atom is 0.0154 e.